The van der Waals surface area contributed by atoms with Crippen LogP contribution in [0.1, 0.15) is 23.9 Å². The molecule has 2 fully saturated rings. The third kappa shape index (κ3) is 4.49. The van der Waals surface area contributed by atoms with E-state index in [2.05, 4.69) is 10.00 Å². The topological polar surface area (TPSA) is 84.7 Å². The zero-order chi connectivity index (χ0) is 23.9. The molecular formula is C25H30N4O4S. The molecule has 0 N–H and O–H groups in total. The first kappa shape index (κ1) is 22.7. The molecule has 0 bridgehead atoms. The average Bonchev–Trinajstić information content (AvgIpc) is 3.34. The summed E-state index contributed by atoms with van der Waals surface area (Å²) in [5, 5.41) is 6.91. The predicted molar refractivity (Wildman–Crippen MR) is 132 cm³/mol. The molecule has 2 aromatic carbocycles. The van der Waals surface area contributed by atoms with E-state index in [1.807, 2.05) is 65.9 Å². The summed E-state index contributed by atoms with van der Waals surface area (Å²) in [7, 11) is -2.97. The zero-order valence-electron chi connectivity index (χ0n) is 19.6. The van der Waals surface area contributed by atoms with Crippen molar-refractivity contribution < 1.29 is 17.9 Å². The van der Waals surface area contributed by atoms with Crippen molar-refractivity contribution in [3.63, 3.8) is 0 Å². The normalized spacial score (nSPS) is 20.1. The standard InChI is InChI=1S/C25H30N4O4S/c1-18-25(19(2)29(26-18)22-9-14-34(31,32)17-22)28-12-10-27(11-13-28)24(30)16-33-23-8-7-20-5-3-4-6-21(20)15-23/h3-8,15,22H,9-14,16-17H2,1-2H3. The molecular weight excluding hydrogens is 452 g/mol. The van der Waals surface area contributed by atoms with Gasteiger partial charge in [-0.15, -0.1) is 0 Å². The quantitative estimate of drug-likeness (QED) is 0.556. The van der Waals surface area contributed by atoms with Gasteiger partial charge in [0.2, 0.25) is 0 Å². The van der Waals surface area contributed by atoms with Gasteiger partial charge in [0.25, 0.3) is 5.91 Å². The molecule has 180 valence electrons. The molecule has 8 nitrogen and oxygen atoms in total. The van der Waals surface area contributed by atoms with Crippen LogP contribution in [0.25, 0.3) is 10.8 Å². The van der Waals surface area contributed by atoms with Gasteiger partial charge >= 0.3 is 0 Å². The summed E-state index contributed by atoms with van der Waals surface area (Å²) >= 11 is 0. The second-order valence-electron chi connectivity index (χ2n) is 9.19. The maximum atomic E-state index is 12.8. The van der Waals surface area contributed by atoms with E-state index in [0.717, 1.165) is 27.8 Å². The molecule has 3 heterocycles. The second-order valence-corrected chi connectivity index (χ2v) is 11.4. The van der Waals surface area contributed by atoms with Gasteiger partial charge in [0.15, 0.2) is 16.4 Å². The Balaban J connectivity index is 1.19. The SMILES string of the molecule is Cc1nn(C2CCS(=O)(=O)C2)c(C)c1N1CCN(C(=O)COc2ccc3ccccc3c2)CC1. The van der Waals surface area contributed by atoms with Crippen LogP contribution in [0.5, 0.6) is 5.75 Å². The van der Waals surface area contributed by atoms with Crippen molar-refractivity contribution in [3.8, 4) is 5.75 Å². The fourth-order valence-corrected chi connectivity index (χ4v) is 6.80. The first-order valence-electron chi connectivity index (χ1n) is 11.7. The molecule has 9 heteroatoms. The predicted octanol–water partition coefficient (Wildman–Crippen LogP) is 2.74. The molecule has 0 radical (unpaired) electrons. The highest BCUT2D eigenvalue weighted by molar-refractivity contribution is 7.91. The van der Waals surface area contributed by atoms with Crippen LogP contribution >= 0.6 is 0 Å². The first-order chi connectivity index (χ1) is 16.3. The summed E-state index contributed by atoms with van der Waals surface area (Å²) in [5.41, 5.74) is 2.96. The van der Waals surface area contributed by atoms with E-state index < -0.39 is 9.84 Å². The van der Waals surface area contributed by atoms with Gasteiger partial charge in [-0.1, -0.05) is 30.3 Å². The Morgan fingerprint density at radius 2 is 1.79 bits per heavy atom. The van der Waals surface area contributed by atoms with E-state index in [4.69, 9.17) is 4.74 Å². The molecule has 0 spiro atoms. The third-order valence-electron chi connectivity index (χ3n) is 6.87. The van der Waals surface area contributed by atoms with Crippen LogP contribution in [-0.2, 0) is 14.6 Å². The molecule has 1 unspecified atom stereocenters. The number of anilines is 1. The van der Waals surface area contributed by atoms with Crippen molar-refractivity contribution in [3.05, 3.63) is 53.9 Å². The first-order valence-corrected chi connectivity index (χ1v) is 13.5. The monoisotopic (exact) mass is 482 g/mol. The molecule has 0 aliphatic carbocycles. The van der Waals surface area contributed by atoms with Crippen LogP contribution in [0.15, 0.2) is 42.5 Å². The minimum Gasteiger partial charge on any atom is -0.484 e. The highest BCUT2D eigenvalue weighted by atomic mass is 32.2. The van der Waals surface area contributed by atoms with E-state index >= 15 is 0 Å². The molecule has 2 saturated heterocycles. The van der Waals surface area contributed by atoms with E-state index in [0.29, 0.717) is 38.3 Å². The number of rotatable bonds is 5. The number of aryl methyl sites for hydroxylation is 1. The van der Waals surface area contributed by atoms with Crippen molar-refractivity contribution in [2.75, 3.05) is 49.2 Å². The number of piperazine rings is 1. The largest absolute Gasteiger partial charge is 0.484 e. The zero-order valence-corrected chi connectivity index (χ0v) is 20.4. The summed E-state index contributed by atoms with van der Waals surface area (Å²) in [5.74, 6) is 1.06. The lowest BCUT2D eigenvalue weighted by Crippen LogP contribution is -2.50. The lowest BCUT2D eigenvalue weighted by molar-refractivity contribution is -0.133. The third-order valence-corrected chi connectivity index (χ3v) is 8.62. The van der Waals surface area contributed by atoms with Crippen LogP contribution < -0.4 is 9.64 Å². The summed E-state index contributed by atoms with van der Waals surface area (Å²) in [4.78, 5) is 16.9. The number of fused-ring (bicyclic) bond motifs is 1. The number of ether oxygens (including phenoxy) is 1. The lowest BCUT2D eigenvalue weighted by atomic mass is 10.1. The van der Waals surface area contributed by atoms with E-state index in [-0.39, 0.29) is 30.1 Å². The number of carbonyl (C=O) groups is 1. The Kier molecular flexibility index (Phi) is 5.97. The highest BCUT2D eigenvalue weighted by Crippen LogP contribution is 2.31. The molecule has 1 aromatic heterocycles. The van der Waals surface area contributed by atoms with Gasteiger partial charge in [-0.05, 0) is 43.2 Å². The van der Waals surface area contributed by atoms with Crippen molar-refractivity contribution in [2.24, 2.45) is 0 Å². The number of amides is 1. The van der Waals surface area contributed by atoms with Gasteiger partial charge in [-0.3, -0.25) is 9.48 Å². The van der Waals surface area contributed by atoms with E-state index in [1.54, 1.807) is 0 Å². The van der Waals surface area contributed by atoms with Crippen LogP contribution in [-0.4, -0.2) is 73.3 Å². The Labute approximate surface area is 200 Å². The van der Waals surface area contributed by atoms with Gasteiger partial charge in [-0.2, -0.15) is 5.10 Å². The van der Waals surface area contributed by atoms with Gasteiger partial charge < -0.3 is 14.5 Å². The molecule has 2 aliphatic rings. The molecule has 1 atom stereocenters. The molecule has 1 amide bonds. The van der Waals surface area contributed by atoms with Gasteiger partial charge in [0.05, 0.1) is 34.6 Å². The summed E-state index contributed by atoms with van der Waals surface area (Å²) in [6.45, 7) is 6.64. The van der Waals surface area contributed by atoms with Crippen LogP contribution in [0.3, 0.4) is 0 Å². The second kappa shape index (κ2) is 8.94. The number of carbonyl (C=O) groups excluding carboxylic acids is 1. The maximum Gasteiger partial charge on any atom is 0.260 e. The Morgan fingerprint density at radius 3 is 2.50 bits per heavy atom. The Morgan fingerprint density at radius 1 is 1.06 bits per heavy atom. The van der Waals surface area contributed by atoms with E-state index in [1.165, 1.54) is 0 Å². The van der Waals surface area contributed by atoms with Gasteiger partial charge in [-0.25, -0.2) is 8.42 Å². The fourth-order valence-electron chi connectivity index (χ4n) is 5.11. The summed E-state index contributed by atoms with van der Waals surface area (Å²) in [6, 6.07) is 13.8. The number of aromatic nitrogens is 2. The van der Waals surface area contributed by atoms with Crippen molar-refractivity contribution in [2.45, 2.75) is 26.3 Å². The van der Waals surface area contributed by atoms with Gasteiger partial charge in [0, 0.05) is 26.2 Å². The molecule has 34 heavy (non-hydrogen) atoms. The van der Waals surface area contributed by atoms with Crippen LogP contribution in [0.4, 0.5) is 5.69 Å². The number of sulfone groups is 1. The molecule has 5 rings (SSSR count). The lowest BCUT2D eigenvalue weighted by Gasteiger charge is -2.36. The molecule has 0 saturated carbocycles. The van der Waals surface area contributed by atoms with Crippen molar-refractivity contribution in [1.29, 1.82) is 0 Å². The summed E-state index contributed by atoms with van der Waals surface area (Å²) in [6.07, 6.45) is 0.614. The molecule has 3 aromatic rings. The van der Waals surface area contributed by atoms with Crippen LogP contribution in [0.2, 0.25) is 0 Å². The number of hydrogen-bond acceptors (Lipinski definition) is 6. The fraction of sp³-hybridized carbons (Fsp3) is 0.440. The smallest absolute Gasteiger partial charge is 0.260 e. The van der Waals surface area contributed by atoms with Gasteiger partial charge in [0.1, 0.15) is 5.75 Å². The number of benzene rings is 2. The van der Waals surface area contributed by atoms with E-state index in [9.17, 15) is 13.2 Å². The minimum atomic E-state index is -2.97. The number of nitrogens with zero attached hydrogens (tertiary/aromatic N) is 4. The Bertz CT molecular complexity index is 1330. The van der Waals surface area contributed by atoms with Crippen molar-refractivity contribution in [1.82, 2.24) is 14.7 Å². The average molecular weight is 483 g/mol. The highest BCUT2D eigenvalue weighted by Gasteiger charge is 2.33. The minimum absolute atomic E-state index is 0.0183. The maximum absolute atomic E-state index is 12.8. The van der Waals surface area contributed by atoms with Crippen LogP contribution in [0, 0.1) is 13.8 Å². The Hall–Kier alpha value is -3.07. The van der Waals surface area contributed by atoms with Crippen molar-refractivity contribution >= 4 is 32.2 Å². The number of hydrogen-bond donors (Lipinski definition) is 0. The summed E-state index contributed by atoms with van der Waals surface area (Å²) < 4.78 is 31.5. The molecule has 2 aliphatic heterocycles.